The third-order valence-electron chi connectivity index (χ3n) is 4.51. The number of halogens is 1. The molecule has 2 N–H and O–H groups in total. The van der Waals surface area contributed by atoms with Crippen molar-refractivity contribution in [2.75, 3.05) is 40.9 Å². The standard InChI is InChI=1S/C24H32N4O3.HI/c1-5-16-31-22-9-7-6-8-20(22)17-26-24(27-18-23(29)28(2)3)25-15-14-19-10-12-21(30-4)13-11-19;/h5-13H,1,14-18H2,2-4H3,(H2,25,26,27);1H. The number of carbonyl (C=O) groups excluding carboxylic acids is 1. The first-order chi connectivity index (χ1) is 15.0. The van der Waals surface area contributed by atoms with Crippen LogP contribution >= 0.6 is 24.0 Å². The summed E-state index contributed by atoms with van der Waals surface area (Å²) in [6, 6.07) is 15.7. The van der Waals surface area contributed by atoms with Gasteiger partial charge in [-0.1, -0.05) is 43.0 Å². The van der Waals surface area contributed by atoms with Crippen molar-refractivity contribution in [1.29, 1.82) is 0 Å². The van der Waals surface area contributed by atoms with Crippen molar-refractivity contribution in [3.05, 3.63) is 72.3 Å². The fourth-order valence-electron chi connectivity index (χ4n) is 2.70. The summed E-state index contributed by atoms with van der Waals surface area (Å²) in [5.74, 6) is 2.15. The lowest BCUT2D eigenvalue weighted by atomic mass is 10.1. The molecule has 0 saturated heterocycles. The zero-order chi connectivity index (χ0) is 22.5. The smallest absolute Gasteiger partial charge is 0.241 e. The molecule has 8 heteroatoms. The van der Waals surface area contributed by atoms with Crippen LogP contribution in [0.4, 0.5) is 0 Å². The Balaban J connectivity index is 0.00000512. The Bertz CT molecular complexity index is 870. The normalized spacial score (nSPS) is 10.5. The van der Waals surface area contributed by atoms with E-state index in [-0.39, 0.29) is 36.4 Å². The molecule has 0 atom stereocenters. The van der Waals surface area contributed by atoms with Gasteiger partial charge < -0.3 is 25.0 Å². The lowest BCUT2D eigenvalue weighted by molar-refractivity contribution is -0.127. The number of nitrogens with zero attached hydrogens (tertiary/aromatic N) is 2. The predicted molar refractivity (Wildman–Crippen MR) is 140 cm³/mol. The van der Waals surface area contributed by atoms with Gasteiger partial charge in [0.25, 0.3) is 0 Å². The van der Waals surface area contributed by atoms with Crippen LogP contribution in [0.3, 0.4) is 0 Å². The molecule has 0 aliphatic carbocycles. The molecule has 174 valence electrons. The van der Waals surface area contributed by atoms with Crippen LogP contribution in [0.25, 0.3) is 0 Å². The average Bonchev–Trinajstić information content (AvgIpc) is 2.79. The quantitative estimate of drug-likeness (QED) is 0.194. The number of nitrogens with one attached hydrogen (secondary N) is 2. The fraction of sp³-hybridized carbons (Fsp3) is 0.333. The highest BCUT2D eigenvalue weighted by Crippen LogP contribution is 2.18. The number of ether oxygens (including phenoxy) is 2. The number of likely N-dealkylation sites (N-methyl/N-ethyl adjacent to an activating group) is 1. The van der Waals surface area contributed by atoms with Crippen molar-refractivity contribution >= 4 is 35.8 Å². The van der Waals surface area contributed by atoms with Crippen LogP contribution in [0.1, 0.15) is 11.1 Å². The highest BCUT2D eigenvalue weighted by Gasteiger charge is 2.07. The maximum absolute atomic E-state index is 12.0. The Morgan fingerprint density at radius 2 is 1.84 bits per heavy atom. The molecule has 0 unspecified atom stereocenters. The molecule has 0 heterocycles. The molecule has 0 aliphatic rings. The van der Waals surface area contributed by atoms with E-state index in [0.717, 1.165) is 23.5 Å². The van der Waals surface area contributed by atoms with Crippen molar-refractivity contribution < 1.29 is 14.3 Å². The monoisotopic (exact) mass is 552 g/mol. The van der Waals surface area contributed by atoms with Gasteiger partial charge in [0, 0.05) is 26.2 Å². The summed E-state index contributed by atoms with van der Waals surface area (Å²) in [5.41, 5.74) is 2.14. The van der Waals surface area contributed by atoms with E-state index in [1.54, 1.807) is 32.2 Å². The van der Waals surface area contributed by atoms with Gasteiger partial charge in [0.05, 0.1) is 20.2 Å². The van der Waals surface area contributed by atoms with Gasteiger partial charge in [0.15, 0.2) is 5.96 Å². The van der Waals surface area contributed by atoms with Crippen molar-refractivity contribution in [2.45, 2.75) is 13.0 Å². The summed E-state index contributed by atoms with van der Waals surface area (Å²) < 4.78 is 10.9. The average molecular weight is 552 g/mol. The summed E-state index contributed by atoms with van der Waals surface area (Å²) in [5, 5.41) is 6.41. The van der Waals surface area contributed by atoms with Crippen LogP contribution in [-0.2, 0) is 17.8 Å². The molecule has 7 nitrogen and oxygen atoms in total. The summed E-state index contributed by atoms with van der Waals surface area (Å²) in [7, 11) is 5.11. The van der Waals surface area contributed by atoms with Crippen LogP contribution in [0.5, 0.6) is 11.5 Å². The molecule has 0 bridgehead atoms. The summed E-state index contributed by atoms with van der Waals surface area (Å²) in [6.07, 6.45) is 2.52. The van der Waals surface area contributed by atoms with E-state index in [1.165, 1.54) is 5.56 Å². The van der Waals surface area contributed by atoms with Crippen LogP contribution in [0, 0.1) is 0 Å². The minimum atomic E-state index is -0.0284. The number of carbonyl (C=O) groups is 1. The zero-order valence-corrected chi connectivity index (χ0v) is 21.3. The maximum atomic E-state index is 12.0. The van der Waals surface area contributed by atoms with Crippen molar-refractivity contribution in [1.82, 2.24) is 15.5 Å². The number of aliphatic imine (C=N–C) groups is 1. The third kappa shape index (κ3) is 9.59. The predicted octanol–water partition coefficient (Wildman–Crippen LogP) is 3.24. The summed E-state index contributed by atoms with van der Waals surface area (Å²) >= 11 is 0. The van der Waals surface area contributed by atoms with Gasteiger partial charge in [-0.3, -0.25) is 4.79 Å². The van der Waals surface area contributed by atoms with Crippen LogP contribution in [0.15, 0.2) is 66.2 Å². The number of hydrogen-bond acceptors (Lipinski definition) is 4. The second-order valence-corrected chi connectivity index (χ2v) is 7.04. The number of benzene rings is 2. The molecule has 2 rings (SSSR count). The van der Waals surface area contributed by atoms with Crippen LogP contribution < -0.4 is 20.1 Å². The van der Waals surface area contributed by atoms with E-state index in [1.807, 2.05) is 48.5 Å². The second kappa shape index (κ2) is 15.1. The van der Waals surface area contributed by atoms with E-state index in [4.69, 9.17) is 9.47 Å². The molecule has 0 spiro atoms. The maximum Gasteiger partial charge on any atom is 0.241 e. The van der Waals surface area contributed by atoms with Crippen molar-refractivity contribution in [3.8, 4) is 11.5 Å². The minimum absolute atomic E-state index is 0. The molecule has 0 radical (unpaired) electrons. The van der Waals surface area contributed by atoms with Crippen LogP contribution in [-0.4, -0.2) is 57.7 Å². The molecule has 32 heavy (non-hydrogen) atoms. The Morgan fingerprint density at radius 3 is 2.50 bits per heavy atom. The van der Waals surface area contributed by atoms with Gasteiger partial charge >= 0.3 is 0 Å². The van der Waals surface area contributed by atoms with Gasteiger partial charge in [0.2, 0.25) is 5.91 Å². The SMILES string of the molecule is C=CCOc1ccccc1CN=C(NCCc1ccc(OC)cc1)NCC(=O)N(C)C.I. The first kappa shape index (κ1) is 27.3. The molecule has 0 fully saturated rings. The molecule has 0 aliphatic heterocycles. The number of amides is 1. The van der Waals surface area contributed by atoms with Crippen molar-refractivity contribution in [3.63, 3.8) is 0 Å². The molecular formula is C24H33IN4O3. The Labute approximate surface area is 207 Å². The molecule has 2 aromatic carbocycles. The lowest BCUT2D eigenvalue weighted by Crippen LogP contribution is -2.43. The number of para-hydroxylation sites is 1. The lowest BCUT2D eigenvalue weighted by Gasteiger charge is -2.15. The van der Waals surface area contributed by atoms with Gasteiger partial charge in [-0.2, -0.15) is 0 Å². The number of methoxy groups -OCH3 is 1. The second-order valence-electron chi connectivity index (χ2n) is 7.04. The molecule has 2 aromatic rings. The largest absolute Gasteiger partial charge is 0.497 e. The Kier molecular flexibility index (Phi) is 12.9. The topological polar surface area (TPSA) is 75.2 Å². The van der Waals surface area contributed by atoms with E-state index in [9.17, 15) is 4.79 Å². The highest BCUT2D eigenvalue weighted by atomic mass is 127. The van der Waals surface area contributed by atoms with E-state index >= 15 is 0 Å². The Morgan fingerprint density at radius 1 is 1.12 bits per heavy atom. The summed E-state index contributed by atoms with van der Waals surface area (Å²) in [4.78, 5) is 18.2. The van der Waals surface area contributed by atoms with E-state index < -0.39 is 0 Å². The first-order valence-corrected chi connectivity index (χ1v) is 10.2. The number of rotatable bonds is 11. The van der Waals surface area contributed by atoms with Gasteiger partial charge in [0.1, 0.15) is 18.1 Å². The number of hydrogen-bond donors (Lipinski definition) is 2. The van der Waals surface area contributed by atoms with E-state index in [0.29, 0.717) is 25.7 Å². The molecule has 1 amide bonds. The molecule has 0 aromatic heterocycles. The fourth-order valence-corrected chi connectivity index (χ4v) is 2.70. The van der Waals surface area contributed by atoms with Gasteiger partial charge in [-0.05, 0) is 30.2 Å². The Hall–Kier alpha value is -2.75. The zero-order valence-electron chi connectivity index (χ0n) is 19.0. The van der Waals surface area contributed by atoms with Gasteiger partial charge in [-0.15, -0.1) is 24.0 Å². The third-order valence-corrected chi connectivity index (χ3v) is 4.51. The molecular weight excluding hydrogens is 519 g/mol. The van der Waals surface area contributed by atoms with Crippen molar-refractivity contribution in [2.24, 2.45) is 4.99 Å². The number of guanidine groups is 1. The highest BCUT2D eigenvalue weighted by molar-refractivity contribution is 14.0. The minimum Gasteiger partial charge on any atom is -0.497 e. The van der Waals surface area contributed by atoms with Gasteiger partial charge in [-0.25, -0.2) is 4.99 Å². The summed E-state index contributed by atoms with van der Waals surface area (Å²) in [6.45, 7) is 5.37. The molecule has 0 saturated carbocycles. The van der Waals surface area contributed by atoms with E-state index in [2.05, 4.69) is 22.2 Å². The first-order valence-electron chi connectivity index (χ1n) is 10.2. The van der Waals surface area contributed by atoms with Crippen LogP contribution in [0.2, 0.25) is 0 Å².